The van der Waals surface area contributed by atoms with Gasteiger partial charge in [0.05, 0.1) is 0 Å². The largest absolute Gasteiger partial charge is 0.380 e. The molecule has 1 atom stereocenters. The van der Waals surface area contributed by atoms with Gasteiger partial charge in [-0.15, -0.1) is 0 Å². The number of aliphatic hydroxyl groups excluding tert-OH is 1. The maximum absolute atomic E-state index is 11.1. The van der Waals surface area contributed by atoms with E-state index >= 15 is 0 Å². The number of Topliss-reactive ketones (excluding diaryl/α,β-unsaturated/α-hetero) is 1. The van der Waals surface area contributed by atoms with Crippen molar-refractivity contribution < 1.29 is 9.90 Å². The zero-order valence-corrected chi connectivity index (χ0v) is 9.18. The molecule has 0 aliphatic carbocycles. The molecule has 0 heterocycles. The second-order valence-corrected chi connectivity index (χ2v) is 3.45. The molecule has 0 aliphatic rings. The molecule has 0 radical (unpaired) electrons. The van der Waals surface area contributed by atoms with Crippen LogP contribution in [0, 0.1) is 11.8 Å². The Kier molecular flexibility index (Phi) is 8.27. The van der Waals surface area contributed by atoms with Crippen molar-refractivity contribution in [1.82, 2.24) is 0 Å². The summed E-state index contributed by atoms with van der Waals surface area (Å²) in [7, 11) is 0. The number of ketones is 1. The zero-order valence-electron chi connectivity index (χ0n) is 9.18. The number of hydrogen-bond donors (Lipinski definition) is 1. The predicted molar refractivity (Wildman–Crippen MR) is 57.8 cm³/mol. The van der Waals surface area contributed by atoms with E-state index in [1.54, 1.807) is 0 Å². The zero-order chi connectivity index (χ0) is 10.8. The number of hydrogen-bond acceptors (Lipinski definition) is 2. The summed E-state index contributed by atoms with van der Waals surface area (Å²) >= 11 is 0. The Balaban J connectivity index is 3.68. The Morgan fingerprint density at radius 3 is 2.57 bits per heavy atom. The van der Waals surface area contributed by atoms with Crippen LogP contribution < -0.4 is 0 Å². The van der Waals surface area contributed by atoms with E-state index < -0.39 is 6.10 Å². The molecule has 0 aromatic rings. The van der Waals surface area contributed by atoms with Crippen LogP contribution in [-0.4, -0.2) is 17.0 Å². The molecular weight excluding hydrogens is 176 g/mol. The normalized spacial score (nSPS) is 11.6. The van der Waals surface area contributed by atoms with Crippen molar-refractivity contribution in [2.24, 2.45) is 0 Å². The fourth-order valence-corrected chi connectivity index (χ4v) is 1.11. The van der Waals surface area contributed by atoms with Crippen molar-refractivity contribution in [3.05, 3.63) is 0 Å². The van der Waals surface area contributed by atoms with Crippen molar-refractivity contribution in [2.75, 3.05) is 0 Å². The molecule has 2 heteroatoms. The third-order valence-corrected chi connectivity index (χ3v) is 1.95. The summed E-state index contributed by atoms with van der Waals surface area (Å²) in [5.74, 6) is 5.01. The van der Waals surface area contributed by atoms with E-state index in [0.29, 0.717) is 12.8 Å². The van der Waals surface area contributed by atoms with E-state index in [-0.39, 0.29) is 5.78 Å². The van der Waals surface area contributed by atoms with Crippen LogP contribution in [0.5, 0.6) is 0 Å². The molecule has 1 N–H and O–H groups in total. The van der Waals surface area contributed by atoms with E-state index in [9.17, 15) is 9.90 Å². The molecular formula is C12H20O2. The summed E-state index contributed by atoms with van der Waals surface area (Å²) in [4.78, 5) is 11.1. The molecule has 0 saturated heterocycles. The fourth-order valence-electron chi connectivity index (χ4n) is 1.11. The van der Waals surface area contributed by atoms with Gasteiger partial charge < -0.3 is 5.11 Å². The van der Waals surface area contributed by atoms with Crippen molar-refractivity contribution in [1.29, 1.82) is 0 Å². The summed E-state index contributed by atoms with van der Waals surface area (Å²) in [6.07, 6.45) is 4.53. The third kappa shape index (κ3) is 7.82. The molecule has 0 bridgehead atoms. The third-order valence-electron chi connectivity index (χ3n) is 1.95. The number of aliphatic hydroxyl groups is 1. The molecule has 0 fully saturated rings. The number of rotatable bonds is 6. The molecule has 0 aromatic carbocycles. The van der Waals surface area contributed by atoms with Crippen molar-refractivity contribution in [3.63, 3.8) is 0 Å². The first kappa shape index (κ1) is 13.2. The molecule has 14 heavy (non-hydrogen) atoms. The Hall–Kier alpha value is -0.810. The predicted octanol–water partition coefficient (Wildman–Crippen LogP) is 2.30. The van der Waals surface area contributed by atoms with Gasteiger partial charge in [-0.2, -0.15) is 0 Å². The van der Waals surface area contributed by atoms with Gasteiger partial charge >= 0.3 is 0 Å². The fraction of sp³-hybridized carbons (Fsp3) is 0.750. The Morgan fingerprint density at radius 1 is 1.29 bits per heavy atom. The van der Waals surface area contributed by atoms with Gasteiger partial charge in [0.1, 0.15) is 6.10 Å². The van der Waals surface area contributed by atoms with Gasteiger partial charge in [0, 0.05) is 6.42 Å². The molecule has 1 unspecified atom stereocenters. The average molecular weight is 196 g/mol. The molecule has 0 saturated carbocycles. The van der Waals surface area contributed by atoms with Gasteiger partial charge in [-0.3, -0.25) is 4.79 Å². The maximum Gasteiger partial charge on any atom is 0.205 e. The molecule has 0 spiro atoms. The lowest BCUT2D eigenvalue weighted by Gasteiger charge is -1.97. The quantitative estimate of drug-likeness (QED) is 0.402. The first-order valence-electron chi connectivity index (χ1n) is 5.43. The lowest BCUT2D eigenvalue weighted by atomic mass is 10.1. The summed E-state index contributed by atoms with van der Waals surface area (Å²) in [6, 6.07) is 0. The van der Waals surface area contributed by atoms with Crippen LogP contribution in [0.3, 0.4) is 0 Å². The standard InChI is InChI=1S/C12H20O2/c1-3-5-6-8-12(14)10-9-11(13)7-4-2/h11,13H,3-8H2,1-2H3. The van der Waals surface area contributed by atoms with E-state index in [1.807, 2.05) is 6.92 Å². The smallest absolute Gasteiger partial charge is 0.205 e. The summed E-state index contributed by atoms with van der Waals surface area (Å²) in [6.45, 7) is 4.08. The van der Waals surface area contributed by atoms with Crippen LogP contribution in [0.2, 0.25) is 0 Å². The van der Waals surface area contributed by atoms with Crippen LogP contribution in [0.25, 0.3) is 0 Å². The number of unbranched alkanes of at least 4 members (excludes halogenated alkanes) is 2. The Morgan fingerprint density at radius 2 is 2.00 bits per heavy atom. The van der Waals surface area contributed by atoms with Crippen LogP contribution in [0.15, 0.2) is 0 Å². The highest BCUT2D eigenvalue weighted by atomic mass is 16.3. The highest BCUT2D eigenvalue weighted by Crippen LogP contribution is 1.99. The highest BCUT2D eigenvalue weighted by Gasteiger charge is 1.98. The number of carbonyl (C=O) groups is 1. The molecule has 0 aliphatic heterocycles. The summed E-state index contributed by atoms with van der Waals surface area (Å²) in [5.41, 5.74) is 0. The van der Waals surface area contributed by atoms with Crippen molar-refractivity contribution in [2.45, 2.75) is 58.5 Å². The molecule has 0 aromatic heterocycles. The van der Waals surface area contributed by atoms with Gasteiger partial charge in [-0.05, 0) is 18.8 Å². The van der Waals surface area contributed by atoms with Gasteiger partial charge in [0.25, 0.3) is 0 Å². The van der Waals surface area contributed by atoms with Gasteiger partial charge in [-0.25, -0.2) is 0 Å². The van der Waals surface area contributed by atoms with E-state index in [2.05, 4.69) is 18.8 Å². The minimum Gasteiger partial charge on any atom is -0.380 e. The second-order valence-electron chi connectivity index (χ2n) is 3.45. The van der Waals surface area contributed by atoms with Crippen molar-refractivity contribution in [3.8, 4) is 11.8 Å². The Labute approximate surface area is 86.7 Å². The molecule has 0 rings (SSSR count). The van der Waals surface area contributed by atoms with E-state index in [1.165, 1.54) is 0 Å². The van der Waals surface area contributed by atoms with Crippen LogP contribution >= 0.6 is 0 Å². The van der Waals surface area contributed by atoms with Crippen molar-refractivity contribution >= 4 is 5.78 Å². The monoisotopic (exact) mass is 196 g/mol. The van der Waals surface area contributed by atoms with E-state index in [0.717, 1.165) is 25.7 Å². The molecule has 2 nitrogen and oxygen atoms in total. The Bertz CT molecular complexity index is 210. The SMILES string of the molecule is CCCCCC(=O)C#CC(O)CCC. The van der Waals surface area contributed by atoms with E-state index in [4.69, 9.17) is 0 Å². The maximum atomic E-state index is 11.1. The topological polar surface area (TPSA) is 37.3 Å². The van der Waals surface area contributed by atoms with Crippen LogP contribution in [0.1, 0.15) is 52.4 Å². The second kappa shape index (κ2) is 8.77. The molecule has 80 valence electrons. The summed E-state index contributed by atoms with van der Waals surface area (Å²) < 4.78 is 0. The lowest BCUT2D eigenvalue weighted by molar-refractivity contribution is -0.113. The minimum atomic E-state index is -0.630. The average Bonchev–Trinajstić information content (AvgIpc) is 2.16. The number of carbonyl (C=O) groups excluding carboxylic acids is 1. The minimum absolute atomic E-state index is 0.0476. The highest BCUT2D eigenvalue weighted by molar-refractivity contribution is 5.95. The lowest BCUT2D eigenvalue weighted by Crippen LogP contribution is -2.03. The van der Waals surface area contributed by atoms with Crippen LogP contribution in [-0.2, 0) is 4.79 Å². The van der Waals surface area contributed by atoms with Crippen LogP contribution in [0.4, 0.5) is 0 Å². The first-order valence-corrected chi connectivity index (χ1v) is 5.43. The van der Waals surface area contributed by atoms with Gasteiger partial charge in [0.15, 0.2) is 0 Å². The van der Waals surface area contributed by atoms with Gasteiger partial charge in [0.2, 0.25) is 5.78 Å². The first-order chi connectivity index (χ1) is 6.70. The van der Waals surface area contributed by atoms with Gasteiger partial charge in [-0.1, -0.05) is 39.0 Å². The molecule has 0 amide bonds. The summed E-state index contributed by atoms with van der Waals surface area (Å²) in [5, 5.41) is 9.24.